The molecule has 0 spiro atoms. The molecule has 0 aliphatic rings. The van der Waals surface area contributed by atoms with Crippen molar-refractivity contribution in [3.8, 4) is 11.1 Å². The monoisotopic (exact) mass is 274 g/mol. The smallest absolute Gasteiger partial charge is 0.336 e. The fourth-order valence-electron chi connectivity index (χ4n) is 2.18. The minimum atomic E-state index is -0.963. The fraction of sp³-hybridized carbons (Fsp3) is 0.188. The van der Waals surface area contributed by atoms with Crippen molar-refractivity contribution in [1.29, 1.82) is 0 Å². The molecule has 0 aliphatic carbocycles. The highest BCUT2D eigenvalue weighted by molar-refractivity contribution is 6.31. The standard InChI is InChI=1S/C16H15ClO2/c1-9-6-11(3)14(7-10(9)2)13-5-4-12(17)8-15(13)16(18)19/h4-8H,1-3H3,(H,18,19). The minimum absolute atomic E-state index is 0.235. The Morgan fingerprint density at radius 1 is 0.947 bits per heavy atom. The lowest BCUT2D eigenvalue weighted by Crippen LogP contribution is -2.01. The minimum Gasteiger partial charge on any atom is -0.478 e. The van der Waals surface area contributed by atoms with E-state index < -0.39 is 5.97 Å². The third-order valence-electron chi connectivity index (χ3n) is 3.34. The highest BCUT2D eigenvalue weighted by atomic mass is 35.5. The molecule has 2 rings (SSSR count). The van der Waals surface area contributed by atoms with E-state index in [0.717, 1.165) is 16.7 Å². The summed E-state index contributed by atoms with van der Waals surface area (Å²) in [6.07, 6.45) is 0. The Hall–Kier alpha value is -1.80. The molecule has 0 radical (unpaired) electrons. The molecular weight excluding hydrogens is 260 g/mol. The predicted octanol–water partition coefficient (Wildman–Crippen LogP) is 4.63. The van der Waals surface area contributed by atoms with Gasteiger partial charge in [-0.15, -0.1) is 0 Å². The number of hydrogen-bond donors (Lipinski definition) is 1. The number of benzene rings is 2. The summed E-state index contributed by atoms with van der Waals surface area (Å²) in [5, 5.41) is 9.74. The van der Waals surface area contributed by atoms with Crippen molar-refractivity contribution in [3.05, 3.63) is 57.6 Å². The summed E-state index contributed by atoms with van der Waals surface area (Å²) >= 11 is 5.88. The summed E-state index contributed by atoms with van der Waals surface area (Å²) in [5.74, 6) is -0.963. The number of rotatable bonds is 2. The Bertz CT molecular complexity index is 660. The number of carboxylic acid groups (broad SMARTS) is 1. The summed E-state index contributed by atoms with van der Waals surface area (Å²) < 4.78 is 0. The maximum atomic E-state index is 11.4. The third-order valence-corrected chi connectivity index (χ3v) is 3.58. The second-order valence-electron chi connectivity index (χ2n) is 4.75. The van der Waals surface area contributed by atoms with E-state index in [1.165, 1.54) is 11.6 Å². The van der Waals surface area contributed by atoms with Gasteiger partial charge in [0.2, 0.25) is 0 Å². The van der Waals surface area contributed by atoms with E-state index in [-0.39, 0.29) is 5.56 Å². The molecule has 2 aromatic rings. The fourth-order valence-corrected chi connectivity index (χ4v) is 2.35. The molecule has 0 saturated heterocycles. The first-order valence-electron chi connectivity index (χ1n) is 6.01. The molecule has 19 heavy (non-hydrogen) atoms. The van der Waals surface area contributed by atoms with Gasteiger partial charge in [0.05, 0.1) is 5.56 Å². The van der Waals surface area contributed by atoms with Crippen LogP contribution in [0, 0.1) is 20.8 Å². The normalized spacial score (nSPS) is 10.5. The molecule has 2 nitrogen and oxygen atoms in total. The predicted molar refractivity (Wildman–Crippen MR) is 78.1 cm³/mol. The zero-order valence-corrected chi connectivity index (χ0v) is 11.9. The van der Waals surface area contributed by atoms with E-state index in [4.69, 9.17) is 11.6 Å². The van der Waals surface area contributed by atoms with Gasteiger partial charge in [-0.1, -0.05) is 29.8 Å². The SMILES string of the molecule is Cc1cc(C)c(-c2ccc(Cl)cc2C(=O)O)cc1C. The van der Waals surface area contributed by atoms with Crippen LogP contribution in [0.3, 0.4) is 0 Å². The van der Waals surface area contributed by atoms with Crippen molar-refractivity contribution in [2.24, 2.45) is 0 Å². The van der Waals surface area contributed by atoms with Crippen LogP contribution in [0.5, 0.6) is 0 Å². The first-order valence-corrected chi connectivity index (χ1v) is 6.39. The van der Waals surface area contributed by atoms with Crippen molar-refractivity contribution < 1.29 is 9.90 Å². The van der Waals surface area contributed by atoms with Gasteiger partial charge < -0.3 is 5.11 Å². The van der Waals surface area contributed by atoms with Crippen molar-refractivity contribution in [3.63, 3.8) is 0 Å². The van der Waals surface area contributed by atoms with Crippen molar-refractivity contribution in [1.82, 2.24) is 0 Å². The molecule has 0 bridgehead atoms. The molecule has 0 saturated carbocycles. The Balaban J connectivity index is 2.72. The number of hydrogen-bond acceptors (Lipinski definition) is 1. The zero-order chi connectivity index (χ0) is 14.2. The highest BCUT2D eigenvalue weighted by Crippen LogP contribution is 2.31. The molecule has 0 heterocycles. The first-order chi connectivity index (χ1) is 8.90. The molecule has 0 unspecified atom stereocenters. The lowest BCUT2D eigenvalue weighted by molar-refractivity contribution is 0.0697. The second kappa shape index (κ2) is 5.06. The van der Waals surface area contributed by atoms with Gasteiger partial charge in [-0.2, -0.15) is 0 Å². The summed E-state index contributed by atoms with van der Waals surface area (Å²) in [6, 6.07) is 9.08. The van der Waals surface area contributed by atoms with Crippen LogP contribution in [0.15, 0.2) is 30.3 Å². The molecule has 0 aliphatic heterocycles. The molecule has 1 N–H and O–H groups in total. The van der Waals surface area contributed by atoms with Gasteiger partial charge in [0.25, 0.3) is 0 Å². The number of halogens is 1. The molecule has 2 aromatic carbocycles. The van der Waals surface area contributed by atoms with E-state index in [2.05, 4.69) is 6.07 Å². The summed E-state index contributed by atoms with van der Waals surface area (Å²) in [6.45, 7) is 6.06. The molecule has 3 heteroatoms. The van der Waals surface area contributed by atoms with E-state index in [9.17, 15) is 9.90 Å². The van der Waals surface area contributed by atoms with E-state index in [0.29, 0.717) is 10.6 Å². The Morgan fingerprint density at radius 2 is 1.58 bits per heavy atom. The average molecular weight is 275 g/mol. The number of aryl methyl sites for hydroxylation is 3. The lowest BCUT2D eigenvalue weighted by atomic mass is 9.92. The van der Waals surface area contributed by atoms with Gasteiger partial charge in [-0.3, -0.25) is 0 Å². The molecule has 98 valence electrons. The van der Waals surface area contributed by atoms with Crippen LogP contribution in [-0.2, 0) is 0 Å². The molecule has 0 aromatic heterocycles. The van der Waals surface area contributed by atoms with E-state index in [1.807, 2.05) is 26.8 Å². The average Bonchev–Trinajstić information content (AvgIpc) is 2.34. The van der Waals surface area contributed by atoms with Crippen LogP contribution in [0.1, 0.15) is 27.0 Å². The summed E-state index contributed by atoms with van der Waals surface area (Å²) in [5.41, 5.74) is 5.29. The van der Waals surface area contributed by atoms with Crippen molar-refractivity contribution in [2.45, 2.75) is 20.8 Å². The molecule has 0 amide bonds. The van der Waals surface area contributed by atoms with Gasteiger partial charge in [0.15, 0.2) is 0 Å². The van der Waals surface area contributed by atoms with Crippen LogP contribution in [0.2, 0.25) is 5.02 Å². The number of carboxylic acids is 1. The maximum absolute atomic E-state index is 11.4. The topological polar surface area (TPSA) is 37.3 Å². The summed E-state index contributed by atoms with van der Waals surface area (Å²) in [7, 11) is 0. The van der Waals surface area contributed by atoms with E-state index >= 15 is 0 Å². The quantitative estimate of drug-likeness (QED) is 0.867. The van der Waals surface area contributed by atoms with Gasteiger partial charge in [-0.05, 0) is 60.7 Å². The second-order valence-corrected chi connectivity index (χ2v) is 5.18. The molecule has 0 fully saturated rings. The zero-order valence-electron chi connectivity index (χ0n) is 11.1. The van der Waals surface area contributed by atoms with Crippen LogP contribution in [0.25, 0.3) is 11.1 Å². The van der Waals surface area contributed by atoms with Gasteiger partial charge in [0, 0.05) is 5.02 Å². The van der Waals surface area contributed by atoms with Crippen LogP contribution in [-0.4, -0.2) is 11.1 Å². The van der Waals surface area contributed by atoms with Crippen LogP contribution >= 0.6 is 11.6 Å². The van der Waals surface area contributed by atoms with Crippen molar-refractivity contribution in [2.75, 3.05) is 0 Å². The Labute approximate surface area is 117 Å². The molecule has 0 atom stereocenters. The van der Waals surface area contributed by atoms with E-state index in [1.54, 1.807) is 12.1 Å². The third kappa shape index (κ3) is 2.64. The first kappa shape index (κ1) is 13.6. The van der Waals surface area contributed by atoms with Gasteiger partial charge in [-0.25, -0.2) is 4.79 Å². The van der Waals surface area contributed by atoms with Crippen molar-refractivity contribution >= 4 is 17.6 Å². The number of carbonyl (C=O) groups is 1. The molecular formula is C16H15ClO2. The van der Waals surface area contributed by atoms with Crippen LogP contribution in [0.4, 0.5) is 0 Å². The number of aromatic carboxylic acids is 1. The van der Waals surface area contributed by atoms with Crippen LogP contribution < -0.4 is 0 Å². The maximum Gasteiger partial charge on any atom is 0.336 e. The van der Waals surface area contributed by atoms with Gasteiger partial charge in [0.1, 0.15) is 0 Å². The largest absolute Gasteiger partial charge is 0.478 e. The lowest BCUT2D eigenvalue weighted by Gasteiger charge is -2.12. The van der Waals surface area contributed by atoms with Gasteiger partial charge >= 0.3 is 5.97 Å². The highest BCUT2D eigenvalue weighted by Gasteiger charge is 2.14. The Morgan fingerprint density at radius 3 is 2.21 bits per heavy atom. The Kier molecular flexibility index (Phi) is 3.63. The summed E-state index contributed by atoms with van der Waals surface area (Å²) in [4.78, 5) is 11.4.